The van der Waals surface area contributed by atoms with E-state index in [4.69, 9.17) is 0 Å². The molecule has 160 valence electrons. The summed E-state index contributed by atoms with van der Waals surface area (Å²) < 4.78 is 0. The van der Waals surface area contributed by atoms with Gasteiger partial charge in [-0.25, -0.2) is 0 Å². The molecule has 0 aromatic heterocycles. The molecule has 2 aliphatic carbocycles. The second kappa shape index (κ2) is 15.4. The van der Waals surface area contributed by atoms with Crippen LogP contribution in [0.25, 0.3) is 5.57 Å². The van der Waals surface area contributed by atoms with E-state index < -0.39 is 0 Å². The van der Waals surface area contributed by atoms with Crippen molar-refractivity contribution in [3.8, 4) is 0 Å². The predicted octanol–water partition coefficient (Wildman–Crippen LogP) is 9.62. The van der Waals surface area contributed by atoms with Gasteiger partial charge in [0.1, 0.15) is 0 Å². The zero-order valence-corrected chi connectivity index (χ0v) is 20.8. The minimum atomic E-state index is 0.201. The standard InChI is InChI=1S/C20H24.4C2H6/c1-5-9-16-17-10-7-8-11-19(17)20(18(16)6-2)13-12-14(3)15(20)4;4*1-2/h5-11,14-15H,2,12-13H2,1,3-4H3;4*1-2H3/b9-5-;;;;/t14-,15-,20?;;;;/m1..../s1. The van der Waals surface area contributed by atoms with Crippen molar-refractivity contribution in [2.75, 3.05) is 0 Å². The van der Waals surface area contributed by atoms with E-state index in [0.29, 0.717) is 5.92 Å². The van der Waals surface area contributed by atoms with Gasteiger partial charge in [0.05, 0.1) is 0 Å². The highest BCUT2D eigenvalue weighted by Gasteiger charge is 2.51. The van der Waals surface area contributed by atoms with Crippen molar-refractivity contribution in [3.63, 3.8) is 0 Å². The molecule has 0 N–H and O–H groups in total. The molecule has 3 rings (SSSR count). The summed E-state index contributed by atoms with van der Waals surface area (Å²) in [6.45, 7) is 27.1. The van der Waals surface area contributed by atoms with Gasteiger partial charge >= 0.3 is 0 Å². The molecule has 0 bridgehead atoms. The Morgan fingerprint density at radius 3 is 1.89 bits per heavy atom. The molecular weight excluding hydrogens is 336 g/mol. The number of allylic oxidation sites excluding steroid dienone is 5. The monoisotopic (exact) mass is 384 g/mol. The first-order valence-electron chi connectivity index (χ1n) is 11.8. The Labute approximate surface area is 177 Å². The Bertz CT molecular complexity index is 602. The number of benzene rings is 1. The van der Waals surface area contributed by atoms with Gasteiger partial charge in [-0.15, -0.1) is 0 Å². The van der Waals surface area contributed by atoms with Crippen LogP contribution >= 0.6 is 0 Å². The molecule has 0 radical (unpaired) electrons. The second-order valence-electron chi connectivity index (χ2n) is 6.35. The van der Waals surface area contributed by atoms with Gasteiger partial charge in [-0.2, -0.15) is 0 Å². The minimum Gasteiger partial charge on any atom is -0.0987 e. The third-order valence-electron chi connectivity index (χ3n) is 5.63. The Morgan fingerprint density at radius 2 is 1.46 bits per heavy atom. The Balaban J connectivity index is 0. The first-order chi connectivity index (χ1) is 13.7. The van der Waals surface area contributed by atoms with Gasteiger partial charge in [-0.05, 0) is 53.9 Å². The normalized spacial score (nSPS) is 24.0. The maximum Gasteiger partial charge on any atom is 0.0243 e. The van der Waals surface area contributed by atoms with Gasteiger partial charge in [-0.3, -0.25) is 0 Å². The third kappa shape index (κ3) is 5.28. The van der Waals surface area contributed by atoms with E-state index in [0.717, 1.165) is 5.92 Å². The van der Waals surface area contributed by atoms with Gasteiger partial charge in [-0.1, -0.05) is 118 Å². The van der Waals surface area contributed by atoms with Crippen molar-refractivity contribution in [2.24, 2.45) is 11.8 Å². The second-order valence-corrected chi connectivity index (χ2v) is 6.35. The lowest BCUT2D eigenvalue weighted by Gasteiger charge is -2.34. The zero-order chi connectivity index (χ0) is 22.3. The van der Waals surface area contributed by atoms with Crippen molar-refractivity contribution >= 4 is 5.57 Å². The fourth-order valence-corrected chi connectivity index (χ4v) is 4.45. The van der Waals surface area contributed by atoms with Crippen molar-refractivity contribution in [2.45, 2.75) is 94.4 Å². The zero-order valence-electron chi connectivity index (χ0n) is 20.8. The molecule has 3 atom stereocenters. The van der Waals surface area contributed by atoms with E-state index in [1.54, 1.807) is 0 Å². The SMILES string of the molecule is C=CC1=C(/C=C\C)c2ccccc2C12CC[C@@H](C)[C@H]2C.CC.CC.CC.CC. The topological polar surface area (TPSA) is 0 Å². The first kappa shape index (κ1) is 28.6. The average molecular weight is 385 g/mol. The molecule has 0 heterocycles. The fraction of sp³-hybridized carbons (Fsp3) is 0.571. The third-order valence-corrected chi connectivity index (χ3v) is 5.63. The molecule has 1 fully saturated rings. The van der Waals surface area contributed by atoms with Crippen LogP contribution in [0.5, 0.6) is 0 Å². The van der Waals surface area contributed by atoms with E-state index in [-0.39, 0.29) is 5.41 Å². The van der Waals surface area contributed by atoms with Gasteiger partial charge in [0, 0.05) is 5.41 Å². The Kier molecular flexibility index (Phi) is 15.7. The highest BCUT2D eigenvalue weighted by atomic mass is 14.5. The summed E-state index contributed by atoms with van der Waals surface area (Å²) in [6.07, 6.45) is 9.10. The minimum absolute atomic E-state index is 0.201. The number of rotatable bonds is 2. The van der Waals surface area contributed by atoms with Crippen LogP contribution in [0.15, 0.2) is 54.6 Å². The Morgan fingerprint density at radius 1 is 0.929 bits per heavy atom. The van der Waals surface area contributed by atoms with Crippen LogP contribution in [0.4, 0.5) is 0 Å². The molecule has 28 heavy (non-hydrogen) atoms. The molecule has 0 heteroatoms. The molecular formula is C28H48. The highest BCUT2D eigenvalue weighted by molar-refractivity contribution is 5.88. The van der Waals surface area contributed by atoms with Crippen molar-refractivity contribution < 1.29 is 0 Å². The van der Waals surface area contributed by atoms with Gasteiger partial charge in [0.15, 0.2) is 0 Å². The Hall–Kier alpha value is -1.56. The number of fused-ring (bicyclic) bond motifs is 2. The summed E-state index contributed by atoms with van der Waals surface area (Å²) in [4.78, 5) is 0. The van der Waals surface area contributed by atoms with Gasteiger partial charge in [0.2, 0.25) is 0 Å². The molecule has 1 aromatic carbocycles. The molecule has 2 aliphatic rings. The molecule has 0 saturated heterocycles. The van der Waals surface area contributed by atoms with Crippen LogP contribution in [0.2, 0.25) is 0 Å². The van der Waals surface area contributed by atoms with E-state index in [1.807, 2.05) is 55.4 Å². The molecule has 0 nitrogen and oxygen atoms in total. The summed E-state index contributed by atoms with van der Waals surface area (Å²) in [6, 6.07) is 8.96. The number of hydrogen-bond acceptors (Lipinski definition) is 0. The van der Waals surface area contributed by atoms with Crippen LogP contribution in [-0.4, -0.2) is 0 Å². The van der Waals surface area contributed by atoms with E-state index in [2.05, 4.69) is 69.8 Å². The lowest BCUT2D eigenvalue weighted by molar-refractivity contribution is 0.350. The van der Waals surface area contributed by atoms with Crippen LogP contribution < -0.4 is 0 Å². The maximum atomic E-state index is 4.14. The summed E-state index contributed by atoms with van der Waals surface area (Å²) in [5.41, 5.74) is 5.99. The molecule has 1 spiro atoms. The molecule has 0 amide bonds. The smallest absolute Gasteiger partial charge is 0.0243 e. The summed E-state index contributed by atoms with van der Waals surface area (Å²) in [7, 11) is 0. The lowest BCUT2D eigenvalue weighted by Crippen LogP contribution is -2.30. The van der Waals surface area contributed by atoms with Gasteiger partial charge in [0.25, 0.3) is 0 Å². The summed E-state index contributed by atoms with van der Waals surface area (Å²) in [5, 5.41) is 0. The lowest BCUT2D eigenvalue weighted by atomic mass is 9.69. The summed E-state index contributed by atoms with van der Waals surface area (Å²) >= 11 is 0. The van der Waals surface area contributed by atoms with Crippen LogP contribution in [0, 0.1) is 11.8 Å². The van der Waals surface area contributed by atoms with Crippen LogP contribution in [0.3, 0.4) is 0 Å². The summed E-state index contributed by atoms with van der Waals surface area (Å²) in [5.74, 6) is 1.46. The predicted molar refractivity (Wildman–Crippen MR) is 133 cm³/mol. The van der Waals surface area contributed by atoms with E-state index >= 15 is 0 Å². The van der Waals surface area contributed by atoms with Crippen molar-refractivity contribution in [1.29, 1.82) is 0 Å². The fourth-order valence-electron chi connectivity index (χ4n) is 4.45. The van der Waals surface area contributed by atoms with E-state index in [1.165, 1.54) is 35.1 Å². The highest BCUT2D eigenvalue weighted by Crippen LogP contribution is 2.59. The van der Waals surface area contributed by atoms with Crippen molar-refractivity contribution in [1.82, 2.24) is 0 Å². The molecule has 0 aliphatic heterocycles. The van der Waals surface area contributed by atoms with E-state index in [9.17, 15) is 0 Å². The molecule has 1 saturated carbocycles. The first-order valence-corrected chi connectivity index (χ1v) is 11.8. The largest absolute Gasteiger partial charge is 0.0987 e. The van der Waals surface area contributed by atoms with Crippen molar-refractivity contribution in [3.05, 3.63) is 65.8 Å². The van der Waals surface area contributed by atoms with Crippen LogP contribution in [-0.2, 0) is 5.41 Å². The van der Waals surface area contributed by atoms with Gasteiger partial charge < -0.3 is 0 Å². The molecule has 1 aromatic rings. The number of hydrogen-bond donors (Lipinski definition) is 0. The molecule has 1 unspecified atom stereocenters. The quantitative estimate of drug-likeness (QED) is 0.476. The van der Waals surface area contributed by atoms with Crippen LogP contribution in [0.1, 0.15) is 100 Å². The average Bonchev–Trinajstić information content (AvgIpc) is 3.24. The maximum absolute atomic E-state index is 4.14.